The fourth-order valence-corrected chi connectivity index (χ4v) is 5.14. The first kappa shape index (κ1) is 18.5. The van der Waals surface area contributed by atoms with Crippen molar-refractivity contribution < 1.29 is 8.42 Å². The number of aromatic nitrogens is 2. The Morgan fingerprint density at radius 2 is 1.81 bits per heavy atom. The molecule has 0 amide bonds. The molecule has 0 unspecified atom stereocenters. The highest BCUT2D eigenvalue weighted by atomic mass is 35.5. The van der Waals surface area contributed by atoms with Gasteiger partial charge in [-0.05, 0) is 37.3 Å². The first-order valence-electron chi connectivity index (χ1n) is 8.44. The number of halogens is 2. The Labute approximate surface area is 168 Å². The standard InChI is InChI=1S/C19H17Cl2N3O2S/c1-13-2-5-16(6-3-13)27(25,26)23-9-8-18-14(12-23)11-22-24(18)19-7-4-15(20)10-17(19)21/h2-7,10-11H,8-9,12H2,1H3. The van der Waals surface area contributed by atoms with Gasteiger partial charge in [-0.2, -0.15) is 9.40 Å². The molecule has 140 valence electrons. The van der Waals surface area contributed by atoms with Crippen LogP contribution in [0.3, 0.4) is 0 Å². The number of hydrogen-bond acceptors (Lipinski definition) is 3. The third-order valence-electron chi connectivity index (χ3n) is 4.70. The van der Waals surface area contributed by atoms with Gasteiger partial charge in [-0.25, -0.2) is 13.1 Å². The molecule has 3 aromatic rings. The molecule has 2 aromatic carbocycles. The molecule has 4 rings (SSSR count). The van der Waals surface area contributed by atoms with E-state index in [4.69, 9.17) is 23.2 Å². The highest BCUT2D eigenvalue weighted by Gasteiger charge is 2.30. The van der Waals surface area contributed by atoms with Crippen molar-refractivity contribution in [1.82, 2.24) is 14.1 Å². The monoisotopic (exact) mass is 421 g/mol. The maximum atomic E-state index is 12.9. The second-order valence-electron chi connectivity index (χ2n) is 6.53. The lowest BCUT2D eigenvalue weighted by molar-refractivity contribution is 0.388. The number of fused-ring (bicyclic) bond motifs is 1. The smallest absolute Gasteiger partial charge is 0.236 e. The van der Waals surface area contributed by atoms with Gasteiger partial charge in [0.25, 0.3) is 0 Å². The van der Waals surface area contributed by atoms with Crippen molar-refractivity contribution in [3.05, 3.63) is 75.5 Å². The zero-order chi connectivity index (χ0) is 19.2. The Hall–Kier alpha value is -1.86. The number of sulfonamides is 1. The maximum absolute atomic E-state index is 12.9. The van der Waals surface area contributed by atoms with Gasteiger partial charge in [0.1, 0.15) is 0 Å². The van der Waals surface area contributed by atoms with Crippen LogP contribution in [0.15, 0.2) is 53.6 Å². The molecular formula is C19H17Cl2N3O2S. The quantitative estimate of drug-likeness (QED) is 0.635. The van der Waals surface area contributed by atoms with E-state index in [0.717, 1.165) is 22.5 Å². The SMILES string of the molecule is Cc1ccc(S(=O)(=O)N2CCc3c(cnn3-c3ccc(Cl)cc3Cl)C2)cc1. The molecular weight excluding hydrogens is 405 g/mol. The first-order valence-corrected chi connectivity index (χ1v) is 10.6. The van der Waals surface area contributed by atoms with E-state index in [1.165, 1.54) is 4.31 Å². The Morgan fingerprint density at radius 3 is 2.52 bits per heavy atom. The third-order valence-corrected chi connectivity index (χ3v) is 7.09. The predicted molar refractivity (Wildman–Crippen MR) is 106 cm³/mol. The summed E-state index contributed by atoms with van der Waals surface area (Å²) in [4.78, 5) is 0.310. The van der Waals surface area contributed by atoms with Crippen LogP contribution in [0.25, 0.3) is 5.69 Å². The maximum Gasteiger partial charge on any atom is 0.243 e. The van der Waals surface area contributed by atoms with Crippen LogP contribution < -0.4 is 0 Å². The first-order chi connectivity index (χ1) is 12.9. The van der Waals surface area contributed by atoms with Crippen molar-refractivity contribution in [2.45, 2.75) is 24.8 Å². The van der Waals surface area contributed by atoms with E-state index in [9.17, 15) is 8.42 Å². The normalized spacial score (nSPS) is 14.9. The molecule has 5 nitrogen and oxygen atoms in total. The van der Waals surface area contributed by atoms with Crippen LogP contribution in [0, 0.1) is 6.92 Å². The average molecular weight is 422 g/mol. The molecule has 0 saturated heterocycles. The molecule has 0 bridgehead atoms. The van der Waals surface area contributed by atoms with Crippen LogP contribution in [0.2, 0.25) is 10.0 Å². The Balaban J connectivity index is 1.65. The summed E-state index contributed by atoms with van der Waals surface area (Å²) in [7, 11) is -3.54. The number of nitrogens with zero attached hydrogens (tertiary/aromatic N) is 3. The van der Waals surface area contributed by atoms with Crippen molar-refractivity contribution in [2.75, 3.05) is 6.54 Å². The lowest BCUT2D eigenvalue weighted by Gasteiger charge is -2.27. The number of hydrogen-bond donors (Lipinski definition) is 0. The minimum absolute atomic E-state index is 0.288. The predicted octanol–water partition coefficient (Wildman–Crippen LogP) is 4.23. The highest BCUT2D eigenvalue weighted by Crippen LogP contribution is 2.30. The molecule has 27 heavy (non-hydrogen) atoms. The molecule has 0 spiro atoms. The fourth-order valence-electron chi connectivity index (χ4n) is 3.23. The van der Waals surface area contributed by atoms with E-state index in [2.05, 4.69) is 5.10 Å². The average Bonchev–Trinajstić information content (AvgIpc) is 3.05. The summed E-state index contributed by atoms with van der Waals surface area (Å²) in [6, 6.07) is 12.2. The summed E-state index contributed by atoms with van der Waals surface area (Å²) in [6.07, 6.45) is 2.26. The third kappa shape index (κ3) is 3.38. The van der Waals surface area contributed by atoms with Gasteiger partial charge in [-0.1, -0.05) is 40.9 Å². The van der Waals surface area contributed by atoms with Gasteiger partial charge in [0.15, 0.2) is 0 Å². The minimum Gasteiger partial charge on any atom is -0.236 e. The molecule has 0 N–H and O–H groups in total. The summed E-state index contributed by atoms with van der Waals surface area (Å²) >= 11 is 12.3. The lowest BCUT2D eigenvalue weighted by Crippen LogP contribution is -2.36. The summed E-state index contributed by atoms with van der Waals surface area (Å²) in [5.74, 6) is 0. The van der Waals surface area contributed by atoms with Gasteiger partial charge < -0.3 is 0 Å². The molecule has 0 saturated carbocycles. The van der Waals surface area contributed by atoms with Crippen molar-refractivity contribution in [2.24, 2.45) is 0 Å². The summed E-state index contributed by atoms with van der Waals surface area (Å²) in [6.45, 7) is 2.61. The van der Waals surface area contributed by atoms with Crippen LogP contribution in [0.4, 0.5) is 0 Å². The van der Waals surface area contributed by atoms with E-state index >= 15 is 0 Å². The van der Waals surface area contributed by atoms with Crippen LogP contribution in [-0.4, -0.2) is 29.0 Å². The molecule has 2 heterocycles. The van der Waals surface area contributed by atoms with Gasteiger partial charge in [-0.3, -0.25) is 0 Å². The zero-order valence-electron chi connectivity index (χ0n) is 14.6. The van der Waals surface area contributed by atoms with Gasteiger partial charge >= 0.3 is 0 Å². The Kier molecular flexibility index (Phi) is 4.76. The van der Waals surface area contributed by atoms with E-state index in [1.54, 1.807) is 35.1 Å². The van der Waals surface area contributed by atoms with E-state index in [-0.39, 0.29) is 6.54 Å². The fraction of sp³-hybridized carbons (Fsp3) is 0.211. The number of aryl methyl sites for hydroxylation is 1. The molecule has 0 radical (unpaired) electrons. The summed E-state index contributed by atoms with van der Waals surface area (Å²) < 4.78 is 29.1. The molecule has 1 aliphatic rings. The summed E-state index contributed by atoms with van der Waals surface area (Å²) in [5, 5.41) is 5.49. The second kappa shape index (κ2) is 6.95. The topological polar surface area (TPSA) is 55.2 Å². The van der Waals surface area contributed by atoms with E-state index in [1.807, 2.05) is 25.1 Å². The van der Waals surface area contributed by atoms with E-state index in [0.29, 0.717) is 27.9 Å². The van der Waals surface area contributed by atoms with Gasteiger partial charge in [0.2, 0.25) is 10.0 Å². The van der Waals surface area contributed by atoms with Crippen LogP contribution in [-0.2, 0) is 23.0 Å². The lowest BCUT2D eigenvalue weighted by atomic mass is 10.1. The van der Waals surface area contributed by atoms with Crippen molar-refractivity contribution in [1.29, 1.82) is 0 Å². The molecule has 1 aromatic heterocycles. The van der Waals surface area contributed by atoms with Gasteiger partial charge in [0.05, 0.1) is 27.5 Å². The summed E-state index contributed by atoms with van der Waals surface area (Å²) in [5.41, 5.74) is 3.60. The highest BCUT2D eigenvalue weighted by molar-refractivity contribution is 7.89. The molecule has 0 atom stereocenters. The van der Waals surface area contributed by atoms with Gasteiger partial charge in [-0.15, -0.1) is 0 Å². The van der Waals surface area contributed by atoms with Crippen molar-refractivity contribution >= 4 is 33.2 Å². The second-order valence-corrected chi connectivity index (χ2v) is 9.31. The molecule has 8 heteroatoms. The van der Waals surface area contributed by atoms with Crippen LogP contribution >= 0.6 is 23.2 Å². The molecule has 0 fully saturated rings. The molecule has 1 aliphatic heterocycles. The van der Waals surface area contributed by atoms with Crippen LogP contribution in [0.5, 0.6) is 0 Å². The number of benzene rings is 2. The molecule has 0 aliphatic carbocycles. The van der Waals surface area contributed by atoms with Crippen molar-refractivity contribution in [3.63, 3.8) is 0 Å². The Morgan fingerprint density at radius 1 is 1.07 bits per heavy atom. The van der Waals surface area contributed by atoms with Gasteiger partial charge in [0, 0.05) is 30.1 Å². The van der Waals surface area contributed by atoms with Crippen LogP contribution in [0.1, 0.15) is 16.8 Å². The minimum atomic E-state index is -3.54. The zero-order valence-corrected chi connectivity index (χ0v) is 16.9. The van der Waals surface area contributed by atoms with E-state index < -0.39 is 10.0 Å². The largest absolute Gasteiger partial charge is 0.243 e. The number of rotatable bonds is 3. The van der Waals surface area contributed by atoms with Crippen molar-refractivity contribution in [3.8, 4) is 5.69 Å². The Bertz CT molecular complexity index is 1110.